The molecule has 2 N–H and O–H groups in total. The van der Waals surface area contributed by atoms with E-state index in [-0.39, 0.29) is 18.7 Å². The van der Waals surface area contributed by atoms with E-state index >= 15 is 0 Å². The van der Waals surface area contributed by atoms with Gasteiger partial charge in [0.25, 0.3) is 11.8 Å². The lowest BCUT2D eigenvalue weighted by Gasteiger charge is -2.54. The fourth-order valence-corrected chi connectivity index (χ4v) is 4.52. The summed E-state index contributed by atoms with van der Waals surface area (Å²) in [7, 11) is 0. The van der Waals surface area contributed by atoms with Crippen molar-refractivity contribution in [1.82, 2.24) is 15.5 Å². The Kier molecular flexibility index (Phi) is 3.21. The number of piperidine rings is 2. The number of hydrogen-bond donors (Lipinski definition) is 2. The van der Waals surface area contributed by atoms with Crippen LogP contribution in [-0.4, -0.2) is 59.7 Å². The first-order valence-electron chi connectivity index (χ1n) is 8.89. The lowest BCUT2D eigenvalue weighted by atomic mass is 9.87. The fourth-order valence-electron chi connectivity index (χ4n) is 4.52. The highest BCUT2D eigenvalue weighted by molar-refractivity contribution is 6.23. The number of anilines is 1. The molecule has 0 spiro atoms. The molecule has 1 aromatic carbocycles. The Morgan fingerprint density at radius 2 is 1.69 bits per heavy atom. The van der Waals surface area contributed by atoms with Gasteiger partial charge in [-0.3, -0.25) is 29.4 Å². The maximum absolute atomic E-state index is 12.9. The predicted molar refractivity (Wildman–Crippen MR) is 90.7 cm³/mol. The Hall–Kier alpha value is -2.74. The van der Waals surface area contributed by atoms with Gasteiger partial charge in [0.05, 0.1) is 11.1 Å². The first-order chi connectivity index (χ1) is 12.5. The minimum atomic E-state index is -0.920. The van der Waals surface area contributed by atoms with Crippen LogP contribution in [-0.2, 0) is 9.59 Å². The highest BCUT2D eigenvalue weighted by Gasteiger charge is 2.46. The quantitative estimate of drug-likeness (QED) is 0.704. The third kappa shape index (κ3) is 2.05. The Labute approximate surface area is 149 Å². The molecule has 2 bridgehead atoms. The van der Waals surface area contributed by atoms with Crippen molar-refractivity contribution in [2.75, 3.05) is 18.0 Å². The average Bonchev–Trinajstić information content (AvgIpc) is 2.87. The molecule has 8 nitrogen and oxygen atoms in total. The number of rotatable bonds is 2. The van der Waals surface area contributed by atoms with Crippen molar-refractivity contribution >= 4 is 29.3 Å². The summed E-state index contributed by atoms with van der Waals surface area (Å²) in [5.41, 5.74) is 1.61. The number of nitrogens with zero attached hydrogens (tertiary/aromatic N) is 2. The molecule has 4 aliphatic heterocycles. The summed E-state index contributed by atoms with van der Waals surface area (Å²) in [6.07, 6.45) is 1.43. The van der Waals surface area contributed by atoms with Crippen LogP contribution < -0.4 is 15.5 Å². The maximum Gasteiger partial charge on any atom is 0.262 e. The maximum atomic E-state index is 12.9. The molecule has 0 saturated carbocycles. The smallest absolute Gasteiger partial charge is 0.262 e. The standard InChI is InChI=1S/C18H18N4O4/c23-15-4-3-14(16(24)20-15)22-17(25)12-2-1-9(6-13(12)18(22)26)21-10-5-11(21)8-19-7-10/h1-2,6,10-11,14,19H,3-5,7-8H2,(H,20,23,24). The van der Waals surface area contributed by atoms with Gasteiger partial charge < -0.3 is 10.2 Å². The fraction of sp³-hybridized carbons (Fsp3) is 0.444. The lowest BCUT2D eigenvalue weighted by molar-refractivity contribution is -0.136. The van der Waals surface area contributed by atoms with Crippen LogP contribution in [0.15, 0.2) is 18.2 Å². The zero-order valence-electron chi connectivity index (χ0n) is 14.0. The zero-order valence-corrected chi connectivity index (χ0v) is 14.0. The van der Waals surface area contributed by atoms with Crippen molar-refractivity contribution in [2.45, 2.75) is 37.4 Å². The van der Waals surface area contributed by atoms with Gasteiger partial charge in [-0.2, -0.15) is 0 Å². The molecule has 3 unspecified atom stereocenters. The molecule has 3 saturated heterocycles. The molecule has 0 radical (unpaired) electrons. The van der Waals surface area contributed by atoms with Gasteiger partial charge in [-0.15, -0.1) is 0 Å². The summed E-state index contributed by atoms with van der Waals surface area (Å²) < 4.78 is 0. The predicted octanol–water partition coefficient (Wildman–Crippen LogP) is -0.362. The summed E-state index contributed by atoms with van der Waals surface area (Å²) >= 11 is 0. The number of hydrogen-bond acceptors (Lipinski definition) is 6. The molecule has 4 heterocycles. The Bertz CT molecular complexity index is 853. The van der Waals surface area contributed by atoms with Crippen LogP contribution in [0.25, 0.3) is 0 Å². The molecule has 4 amide bonds. The number of imide groups is 2. The molecule has 26 heavy (non-hydrogen) atoms. The number of piperazine rings is 1. The summed E-state index contributed by atoms with van der Waals surface area (Å²) in [6.45, 7) is 1.84. The molecule has 4 aliphatic rings. The van der Waals surface area contributed by atoms with Gasteiger partial charge in [-0.05, 0) is 31.0 Å². The molecular formula is C18H18N4O4. The molecule has 1 aromatic rings. The van der Waals surface area contributed by atoms with Gasteiger partial charge in [-0.25, -0.2) is 0 Å². The topological polar surface area (TPSA) is 98.8 Å². The van der Waals surface area contributed by atoms with Crippen molar-refractivity contribution in [3.8, 4) is 0 Å². The van der Waals surface area contributed by atoms with Gasteiger partial charge in [0.2, 0.25) is 11.8 Å². The highest BCUT2D eigenvalue weighted by atomic mass is 16.2. The van der Waals surface area contributed by atoms with Gasteiger partial charge in [0.15, 0.2) is 0 Å². The zero-order chi connectivity index (χ0) is 18.0. The summed E-state index contributed by atoms with van der Waals surface area (Å²) in [6, 6.07) is 5.25. The molecule has 0 aromatic heterocycles. The van der Waals surface area contributed by atoms with Crippen LogP contribution in [0.4, 0.5) is 5.69 Å². The second kappa shape index (κ2) is 5.38. The second-order valence-corrected chi connectivity index (χ2v) is 7.29. The van der Waals surface area contributed by atoms with E-state index in [0.717, 1.165) is 30.1 Å². The number of fused-ring (bicyclic) bond motifs is 3. The van der Waals surface area contributed by atoms with Gasteiger partial charge >= 0.3 is 0 Å². The summed E-state index contributed by atoms with van der Waals surface area (Å²) in [4.78, 5) is 52.3. The van der Waals surface area contributed by atoms with E-state index in [0.29, 0.717) is 23.2 Å². The van der Waals surface area contributed by atoms with Crippen molar-refractivity contribution in [3.05, 3.63) is 29.3 Å². The van der Waals surface area contributed by atoms with Crippen LogP contribution in [0.3, 0.4) is 0 Å². The third-order valence-corrected chi connectivity index (χ3v) is 5.81. The molecule has 3 fully saturated rings. The second-order valence-electron chi connectivity index (χ2n) is 7.29. The number of carbonyl (C=O) groups excluding carboxylic acids is 4. The molecule has 0 aliphatic carbocycles. The monoisotopic (exact) mass is 354 g/mol. The highest BCUT2D eigenvalue weighted by Crippen LogP contribution is 2.37. The Balaban J connectivity index is 1.45. The van der Waals surface area contributed by atoms with Gasteiger partial charge in [0.1, 0.15) is 6.04 Å². The van der Waals surface area contributed by atoms with Crippen molar-refractivity contribution < 1.29 is 19.2 Å². The molecule has 3 atom stereocenters. The van der Waals surface area contributed by atoms with E-state index in [1.165, 1.54) is 0 Å². The normalized spacial score (nSPS) is 30.2. The number of benzene rings is 1. The number of carbonyl (C=O) groups is 4. The molecular weight excluding hydrogens is 336 g/mol. The van der Waals surface area contributed by atoms with Crippen molar-refractivity contribution in [3.63, 3.8) is 0 Å². The average molecular weight is 354 g/mol. The van der Waals surface area contributed by atoms with Crippen LogP contribution in [0.2, 0.25) is 0 Å². The third-order valence-electron chi connectivity index (χ3n) is 5.81. The van der Waals surface area contributed by atoms with E-state index in [1.807, 2.05) is 6.07 Å². The van der Waals surface area contributed by atoms with Gasteiger partial charge in [0, 0.05) is 37.3 Å². The van der Waals surface area contributed by atoms with E-state index in [9.17, 15) is 19.2 Å². The molecule has 5 rings (SSSR count). The van der Waals surface area contributed by atoms with Crippen LogP contribution in [0, 0.1) is 0 Å². The number of amides is 4. The van der Waals surface area contributed by atoms with Crippen LogP contribution >= 0.6 is 0 Å². The van der Waals surface area contributed by atoms with E-state index in [1.54, 1.807) is 12.1 Å². The first-order valence-corrected chi connectivity index (χ1v) is 8.89. The SMILES string of the molecule is O=C1CCC(N2C(=O)c3ccc(N4C5CNCC4C5)cc3C2=O)C(=O)N1. The largest absolute Gasteiger partial charge is 0.363 e. The summed E-state index contributed by atoms with van der Waals surface area (Å²) in [5.74, 6) is -1.87. The van der Waals surface area contributed by atoms with Crippen LogP contribution in [0.5, 0.6) is 0 Å². The minimum absolute atomic E-state index is 0.124. The van der Waals surface area contributed by atoms with Crippen molar-refractivity contribution in [2.24, 2.45) is 0 Å². The molecule has 134 valence electrons. The Morgan fingerprint density at radius 1 is 0.962 bits per heavy atom. The lowest BCUT2D eigenvalue weighted by Crippen LogP contribution is -2.68. The first kappa shape index (κ1) is 15.5. The van der Waals surface area contributed by atoms with E-state index < -0.39 is 23.8 Å². The minimum Gasteiger partial charge on any atom is -0.363 e. The van der Waals surface area contributed by atoms with Gasteiger partial charge in [-0.1, -0.05) is 0 Å². The van der Waals surface area contributed by atoms with E-state index in [4.69, 9.17) is 0 Å². The van der Waals surface area contributed by atoms with Crippen LogP contribution in [0.1, 0.15) is 40.0 Å². The van der Waals surface area contributed by atoms with E-state index in [2.05, 4.69) is 15.5 Å². The van der Waals surface area contributed by atoms with Crippen molar-refractivity contribution in [1.29, 1.82) is 0 Å². The summed E-state index contributed by atoms with van der Waals surface area (Å²) in [5, 5.41) is 5.58. The molecule has 8 heteroatoms. The number of nitrogens with one attached hydrogen (secondary N) is 2. The Morgan fingerprint density at radius 3 is 2.38 bits per heavy atom.